The molecule has 10 heteroatoms. The van der Waals surface area contributed by atoms with Crippen LogP contribution in [-0.2, 0) is 11.2 Å². The quantitative estimate of drug-likeness (QED) is 0.343. The van der Waals surface area contributed by atoms with E-state index in [1.165, 1.54) is 0 Å². The molecular formula is C24H31N5O3S2. The molecule has 0 spiro atoms. The lowest BCUT2D eigenvalue weighted by atomic mass is 9.94. The van der Waals surface area contributed by atoms with Gasteiger partial charge >= 0.3 is 0 Å². The normalized spacial score (nSPS) is 16.5. The summed E-state index contributed by atoms with van der Waals surface area (Å²) in [5, 5.41) is 4.36. The van der Waals surface area contributed by atoms with Crippen molar-refractivity contribution in [2.24, 2.45) is 0 Å². The summed E-state index contributed by atoms with van der Waals surface area (Å²) >= 11 is 3.27. The van der Waals surface area contributed by atoms with Gasteiger partial charge in [0, 0.05) is 36.3 Å². The zero-order chi connectivity index (χ0) is 24.3. The molecule has 1 unspecified atom stereocenters. The van der Waals surface area contributed by atoms with Gasteiger partial charge in [-0.2, -0.15) is 0 Å². The van der Waals surface area contributed by atoms with Gasteiger partial charge in [-0.25, -0.2) is 9.97 Å². The fourth-order valence-electron chi connectivity index (χ4n) is 3.76. The molecule has 3 heterocycles. The average Bonchev–Trinajstić information content (AvgIpc) is 3.47. The Morgan fingerprint density at radius 1 is 1.35 bits per heavy atom. The van der Waals surface area contributed by atoms with E-state index < -0.39 is 0 Å². The van der Waals surface area contributed by atoms with E-state index in [4.69, 9.17) is 14.9 Å². The van der Waals surface area contributed by atoms with Gasteiger partial charge < -0.3 is 25.1 Å². The van der Waals surface area contributed by atoms with E-state index in [1.54, 1.807) is 48.4 Å². The largest absolute Gasteiger partial charge is 0.496 e. The van der Waals surface area contributed by atoms with Gasteiger partial charge in [-0.3, -0.25) is 4.79 Å². The van der Waals surface area contributed by atoms with Crippen molar-refractivity contribution < 1.29 is 13.9 Å². The smallest absolute Gasteiger partial charge is 0.257 e. The number of likely N-dealkylation sites (tertiary alicyclic amines) is 1. The van der Waals surface area contributed by atoms with Crippen LogP contribution in [0.5, 0.6) is 5.75 Å². The molecule has 34 heavy (non-hydrogen) atoms. The Bertz CT molecular complexity index is 1140. The SMILES string of the molecule is COc1cc(N)ccc1C(=O)N1CCCC(Nc2ncc(SCc3ncc(C(C)(C)C)o3)s2)C1. The Labute approximate surface area is 208 Å². The number of thiazole rings is 1. The first-order chi connectivity index (χ1) is 16.2. The summed E-state index contributed by atoms with van der Waals surface area (Å²) < 4.78 is 12.3. The number of aromatic nitrogens is 2. The van der Waals surface area contributed by atoms with Crippen LogP contribution in [0.4, 0.5) is 10.8 Å². The molecule has 1 saturated heterocycles. The third-order valence-corrected chi connectivity index (χ3v) is 7.72. The molecule has 1 atom stereocenters. The van der Waals surface area contributed by atoms with Crippen molar-refractivity contribution >= 4 is 39.8 Å². The van der Waals surface area contributed by atoms with Gasteiger partial charge in [0.2, 0.25) is 5.89 Å². The molecule has 8 nitrogen and oxygen atoms in total. The third-order valence-electron chi connectivity index (χ3n) is 5.61. The maximum absolute atomic E-state index is 13.1. The highest BCUT2D eigenvalue weighted by Crippen LogP contribution is 2.33. The molecule has 1 aromatic carbocycles. The van der Waals surface area contributed by atoms with Crippen molar-refractivity contribution in [2.45, 2.75) is 55.0 Å². The number of ether oxygens (including phenoxy) is 1. The number of carbonyl (C=O) groups is 1. The number of carbonyl (C=O) groups excluding carboxylic acids is 1. The molecule has 2 aromatic heterocycles. The highest BCUT2D eigenvalue weighted by Gasteiger charge is 2.27. The van der Waals surface area contributed by atoms with E-state index in [0.717, 1.165) is 40.4 Å². The second-order valence-corrected chi connectivity index (χ2v) is 11.6. The first-order valence-corrected chi connectivity index (χ1v) is 13.1. The number of oxazole rings is 1. The number of hydrogen-bond acceptors (Lipinski definition) is 9. The van der Waals surface area contributed by atoms with Crippen LogP contribution in [0.25, 0.3) is 0 Å². The number of hydrogen-bond donors (Lipinski definition) is 2. The minimum Gasteiger partial charge on any atom is -0.496 e. The number of thioether (sulfide) groups is 1. The Balaban J connectivity index is 1.33. The van der Waals surface area contributed by atoms with Gasteiger partial charge in [-0.05, 0) is 25.0 Å². The summed E-state index contributed by atoms with van der Waals surface area (Å²) in [6.45, 7) is 7.66. The highest BCUT2D eigenvalue weighted by atomic mass is 32.2. The maximum atomic E-state index is 13.1. The molecular weight excluding hydrogens is 470 g/mol. The number of nitrogens with zero attached hydrogens (tertiary/aromatic N) is 3. The van der Waals surface area contributed by atoms with Crippen molar-refractivity contribution in [3.63, 3.8) is 0 Å². The fourth-order valence-corrected chi connectivity index (χ4v) is 5.56. The van der Waals surface area contributed by atoms with Gasteiger partial charge in [-0.15, -0.1) is 11.8 Å². The lowest BCUT2D eigenvalue weighted by molar-refractivity contribution is 0.0711. The van der Waals surface area contributed by atoms with E-state index in [1.807, 2.05) is 17.3 Å². The van der Waals surface area contributed by atoms with Crippen molar-refractivity contribution in [2.75, 3.05) is 31.2 Å². The van der Waals surface area contributed by atoms with Crippen LogP contribution in [0.15, 0.2) is 39.2 Å². The summed E-state index contributed by atoms with van der Waals surface area (Å²) in [5.41, 5.74) is 6.89. The molecule has 1 aliphatic rings. The maximum Gasteiger partial charge on any atom is 0.257 e. The fraction of sp³-hybridized carbons (Fsp3) is 0.458. The predicted octanol–water partition coefficient (Wildman–Crippen LogP) is 5.03. The average molecular weight is 502 g/mol. The van der Waals surface area contributed by atoms with Gasteiger partial charge in [0.15, 0.2) is 5.13 Å². The molecule has 1 fully saturated rings. The number of nitrogen functional groups attached to an aromatic ring is 1. The summed E-state index contributed by atoms with van der Waals surface area (Å²) in [7, 11) is 1.55. The highest BCUT2D eigenvalue weighted by molar-refractivity contribution is 8.00. The van der Waals surface area contributed by atoms with Gasteiger partial charge in [0.25, 0.3) is 5.91 Å². The van der Waals surface area contributed by atoms with Crippen LogP contribution in [0.1, 0.15) is 55.6 Å². The number of piperidine rings is 1. The standard InChI is InChI=1S/C24H31N5O3S2/c1-24(2,3)19-11-26-20(32-19)14-33-21-12-27-23(34-21)28-16-6-5-9-29(13-16)22(30)17-8-7-15(25)10-18(17)31-4/h7-8,10-12,16H,5-6,9,13-14,25H2,1-4H3,(H,27,28). The first kappa shape index (κ1) is 24.4. The predicted molar refractivity (Wildman–Crippen MR) is 137 cm³/mol. The van der Waals surface area contributed by atoms with E-state index in [2.05, 4.69) is 36.1 Å². The Hall–Kier alpha value is -2.72. The molecule has 0 bridgehead atoms. The van der Waals surface area contributed by atoms with Crippen LogP contribution >= 0.6 is 23.1 Å². The molecule has 3 N–H and O–H groups in total. The van der Waals surface area contributed by atoms with Crippen molar-refractivity contribution in [1.29, 1.82) is 0 Å². The number of anilines is 2. The second-order valence-electron chi connectivity index (χ2n) is 9.34. The molecule has 3 aromatic rings. The molecule has 0 radical (unpaired) electrons. The van der Waals surface area contributed by atoms with E-state index >= 15 is 0 Å². The van der Waals surface area contributed by atoms with E-state index in [9.17, 15) is 4.79 Å². The Morgan fingerprint density at radius 3 is 2.91 bits per heavy atom. The van der Waals surface area contributed by atoms with Crippen molar-refractivity contribution in [3.8, 4) is 5.75 Å². The number of nitrogens with one attached hydrogen (secondary N) is 1. The number of nitrogens with two attached hydrogens (primary N) is 1. The molecule has 4 rings (SSSR count). The molecule has 182 valence electrons. The summed E-state index contributed by atoms with van der Waals surface area (Å²) in [6, 6.07) is 5.29. The zero-order valence-corrected chi connectivity index (χ0v) is 21.6. The number of rotatable bonds is 7. The lowest BCUT2D eigenvalue weighted by Gasteiger charge is -2.33. The Kier molecular flexibility index (Phi) is 7.37. The minimum absolute atomic E-state index is 0.0423. The lowest BCUT2D eigenvalue weighted by Crippen LogP contribution is -2.45. The van der Waals surface area contributed by atoms with Crippen LogP contribution < -0.4 is 15.8 Å². The van der Waals surface area contributed by atoms with Crippen molar-refractivity contribution in [1.82, 2.24) is 14.9 Å². The summed E-state index contributed by atoms with van der Waals surface area (Å²) in [5.74, 6) is 2.73. The number of amides is 1. The van der Waals surface area contributed by atoms with Crippen LogP contribution in [0.3, 0.4) is 0 Å². The topological polar surface area (TPSA) is 107 Å². The van der Waals surface area contributed by atoms with Crippen LogP contribution in [0.2, 0.25) is 0 Å². The monoisotopic (exact) mass is 501 g/mol. The zero-order valence-electron chi connectivity index (χ0n) is 20.0. The first-order valence-electron chi connectivity index (χ1n) is 11.3. The second kappa shape index (κ2) is 10.3. The number of methoxy groups -OCH3 is 1. The molecule has 0 saturated carbocycles. The Morgan fingerprint density at radius 2 is 2.18 bits per heavy atom. The third kappa shape index (κ3) is 5.85. The van der Waals surface area contributed by atoms with E-state index in [-0.39, 0.29) is 17.4 Å². The van der Waals surface area contributed by atoms with Crippen molar-refractivity contribution in [3.05, 3.63) is 47.8 Å². The van der Waals surface area contributed by atoms with Crippen LogP contribution in [0, 0.1) is 0 Å². The molecule has 0 aliphatic carbocycles. The minimum atomic E-state index is -0.0498. The van der Waals surface area contributed by atoms with Gasteiger partial charge in [-0.1, -0.05) is 32.1 Å². The van der Waals surface area contributed by atoms with Gasteiger partial charge in [0.05, 0.1) is 35.0 Å². The summed E-state index contributed by atoms with van der Waals surface area (Å²) in [4.78, 5) is 23.9. The summed E-state index contributed by atoms with van der Waals surface area (Å²) in [6.07, 6.45) is 5.59. The number of benzene rings is 1. The van der Waals surface area contributed by atoms with E-state index in [0.29, 0.717) is 29.3 Å². The van der Waals surface area contributed by atoms with Gasteiger partial charge in [0.1, 0.15) is 11.5 Å². The molecule has 1 amide bonds. The molecule has 1 aliphatic heterocycles. The van der Waals surface area contributed by atoms with Crippen LogP contribution in [-0.4, -0.2) is 47.0 Å².